The van der Waals surface area contributed by atoms with Crippen molar-refractivity contribution >= 4 is 11.6 Å². The Morgan fingerprint density at radius 2 is 2.09 bits per heavy atom. The standard InChI is InChI=1S/C18H26ClNO3/c1-10(2)6-11-9-20-5-4-12-13(14(20)8-15(11)21)7-16(23-3)18(22)17(12)19/h10-11,15,21-22H,4-9H2,1-3H3/t11-,15-/m1/s1. The van der Waals surface area contributed by atoms with E-state index < -0.39 is 0 Å². The first-order chi connectivity index (χ1) is 10.9. The number of rotatable bonds is 3. The highest BCUT2D eigenvalue weighted by molar-refractivity contribution is 6.32. The Morgan fingerprint density at radius 3 is 2.74 bits per heavy atom. The van der Waals surface area contributed by atoms with E-state index in [1.54, 1.807) is 7.11 Å². The Balaban J connectivity index is 1.93. The Hall–Kier alpha value is -1.13. The third-order valence-electron chi connectivity index (χ3n) is 5.22. The number of aliphatic hydroxyl groups excluding tert-OH is 2. The summed E-state index contributed by atoms with van der Waals surface area (Å²) in [6.07, 6.45) is 2.80. The van der Waals surface area contributed by atoms with Crippen LogP contribution in [0, 0.1) is 11.8 Å². The van der Waals surface area contributed by atoms with Crippen LogP contribution in [0.1, 0.15) is 39.5 Å². The highest BCUT2D eigenvalue weighted by atomic mass is 35.5. The molecule has 128 valence electrons. The number of methoxy groups -OCH3 is 1. The minimum Gasteiger partial charge on any atom is -0.503 e. The lowest BCUT2D eigenvalue weighted by atomic mass is 9.80. The highest BCUT2D eigenvalue weighted by Crippen LogP contribution is 2.45. The van der Waals surface area contributed by atoms with Crippen LogP contribution in [0.3, 0.4) is 0 Å². The maximum atomic E-state index is 10.6. The quantitative estimate of drug-likeness (QED) is 0.823. The van der Waals surface area contributed by atoms with Crippen molar-refractivity contribution < 1.29 is 14.9 Å². The molecule has 2 aliphatic heterocycles. The molecular formula is C18H26ClNO3. The predicted octanol–water partition coefficient (Wildman–Crippen LogP) is 3.69. The third kappa shape index (κ3) is 2.99. The van der Waals surface area contributed by atoms with Crippen molar-refractivity contribution in [2.75, 3.05) is 20.2 Å². The lowest BCUT2D eigenvalue weighted by Crippen LogP contribution is -2.45. The van der Waals surface area contributed by atoms with Gasteiger partial charge in [0.15, 0.2) is 5.76 Å². The van der Waals surface area contributed by atoms with E-state index in [1.165, 1.54) is 5.70 Å². The summed E-state index contributed by atoms with van der Waals surface area (Å²) in [7, 11) is 1.56. The second-order valence-corrected chi connectivity index (χ2v) is 7.61. The number of fused-ring (bicyclic) bond motifs is 2. The molecule has 1 aliphatic carbocycles. The average Bonchev–Trinajstić information content (AvgIpc) is 2.51. The Morgan fingerprint density at radius 1 is 1.35 bits per heavy atom. The molecule has 2 heterocycles. The van der Waals surface area contributed by atoms with Crippen LogP contribution in [0.4, 0.5) is 0 Å². The largest absolute Gasteiger partial charge is 0.503 e. The van der Waals surface area contributed by atoms with Crippen LogP contribution >= 0.6 is 11.6 Å². The van der Waals surface area contributed by atoms with Crippen molar-refractivity contribution in [3.63, 3.8) is 0 Å². The van der Waals surface area contributed by atoms with Crippen LogP contribution in [-0.4, -0.2) is 41.4 Å². The van der Waals surface area contributed by atoms with E-state index in [-0.39, 0.29) is 11.9 Å². The van der Waals surface area contributed by atoms with Crippen LogP contribution in [0.5, 0.6) is 0 Å². The molecule has 0 aromatic carbocycles. The third-order valence-corrected chi connectivity index (χ3v) is 5.63. The summed E-state index contributed by atoms with van der Waals surface area (Å²) in [4.78, 5) is 2.40. The van der Waals surface area contributed by atoms with Crippen LogP contribution < -0.4 is 0 Å². The van der Waals surface area contributed by atoms with Gasteiger partial charge in [-0.1, -0.05) is 25.4 Å². The van der Waals surface area contributed by atoms with E-state index in [0.717, 1.165) is 37.1 Å². The summed E-state index contributed by atoms with van der Waals surface area (Å²) >= 11 is 6.36. The van der Waals surface area contributed by atoms with Crippen molar-refractivity contribution in [2.45, 2.75) is 45.6 Å². The molecule has 0 aromatic heterocycles. The molecular weight excluding hydrogens is 314 g/mol. The smallest absolute Gasteiger partial charge is 0.172 e. The Bertz CT molecular complexity index is 591. The number of piperidine rings is 1. The molecule has 0 radical (unpaired) electrons. The number of ether oxygens (including phenoxy) is 1. The zero-order valence-electron chi connectivity index (χ0n) is 14.1. The van der Waals surface area contributed by atoms with Crippen LogP contribution in [0.25, 0.3) is 0 Å². The van der Waals surface area contributed by atoms with E-state index in [9.17, 15) is 10.2 Å². The molecule has 23 heavy (non-hydrogen) atoms. The van der Waals surface area contributed by atoms with Crippen molar-refractivity contribution in [2.24, 2.45) is 11.8 Å². The normalized spacial score (nSPS) is 28.3. The van der Waals surface area contributed by atoms with Crippen LogP contribution in [0.15, 0.2) is 33.4 Å². The first-order valence-electron chi connectivity index (χ1n) is 8.42. The molecule has 3 aliphatic rings. The van der Waals surface area contributed by atoms with E-state index in [4.69, 9.17) is 16.3 Å². The lowest BCUT2D eigenvalue weighted by Gasteiger charge is -2.45. The summed E-state index contributed by atoms with van der Waals surface area (Å²) in [6, 6.07) is 0. The Labute approximate surface area is 143 Å². The van der Waals surface area contributed by atoms with E-state index in [0.29, 0.717) is 35.5 Å². The molecule has 0 saturated carbocycles. The summed E-state index contributed by atoms with van der Waals surface area (Å²) in [6.45, 7) is 6.22. The summed E-state index contributed by atoms with van der Waals surface area (Å²) in [5, 5.41) is 21.1. The fourth-order valence-corrected chi connectivity index (χ4v) is 4.40. The number of allylic oxidation sites excluding steroid dienone is 2. The molecule has 0 amide bonds. The number of hydrogen-bond acceptors (Lipinski definition) is 4. The minimum atomic E-state index is -0.306. The molecule has 4 nitrogen and oxygen atoms in total. The zero-order chi connectivity index (χ0) is 16.7. The van der Waals surface area contributed by atoms with Gasteiger partial charge in [-0.2, -0.15) is 0 Å². The molecule has 5 heteroatoms. The fraction of sp³-hybridized carbons (Fsp3) is 0.667. The van der Waals surface area contributed by atoms with Gasteiger partial charge in [-0.15, -0.1) is 0 Å². The van der Waals surface area contributed by atoms with Gasteiger partial charge in [-0.25, -0.2) is 0 Å². The molecule has 0 bridgehead atoms. The van der Waals surface area contributed by atoms with Gasteiger partial charge in [0, 0.05) is 37.5 Å². The Kier molecular flexibility index (Phi) is 4.65. The van der Waals surface area contributed by atoms with Crippen LogP contribution in [-0.2, 0) is 4.74 Å². The molecule has 0 unspecified atom stereocenters. The summed E-state index contributed by atoms with van der Waals surface area (Å²) in [5.41, 5.74) is 3.34. The van der Waals surface area contributed by atoms with Crippen molar-refractivity contribution in [3.05, 3.63) is 33.4 Å². The van der Waals surface area contributed by atoms with Gasteiger partial charge in [-0.05, 0) is 29.9 Å². The molecule has 1 saturated heterocycles. The monoisotopic (exact) mass is 339 g/mol. The second-order valence-electron chi connectivity index (χ2n) is 7.23. The fourth-order valence-electron chi connectivity index (χ4n) is 4.09. The van der Waals surface area contributed by atoms with Gasteiger partial charge in [0.1, 0.15) is 5.76 Å². The van der Waals surface area contributed by atoms with Crippen LogP contribution in [0.2, 0.25) is 0 Å². The molecule has 0 aromatic rings. The van der Waals surface area contributed by atoms with Gasteiger partial charge in [0.25, 0.3) is 0 Å². The second kappa shape index (κ2) is 6.40. The SMILES string of the molecule is COC1=C(O)C(Cl)=C2CCN3C[C@@H](CC(C)C)[C@H](O)CC3=C2C1. The molecule has 1 fully saturated rings. The lowest BCUT2D eigenvalue weighted by molar-refractivity contribution is 0.0382. The zero-order valence-corrected chi connectivity index (χ0v) is 14.9. The predicted molar refractivity (Wildman–Crippen MR) is 90.9 cm³/mol. The molecule has 2 N–H and O–H groups in total. The van der Waals surface area contributed by atoms with Crippen molar-refractivity contribution in [1.29, 1.82) is 0 Å². The van der Waals surface area contributed by atoms with Gasteiger partial charge in [-0.3, -0.25) is 0 Å². The van der Waals surface area contributed by atoms with E-state index in [1.807, 2.05) is 0 Å². The topological polar surface area (TPSA) is 52.9 Å². The summed E-state index contributed by atoms with van der Waals surface area (Å²) in [5.74, 6) is 1.50. The highest BCUT2D eigenvalue weighted by Gasteiger charge is 2.38. The van der Waals surface area contributed by atoms with Crippen molar-refractivity contribution in [1.82, 2.24) is 4.90 Å². The van der Waals surface area contributed by atoms with Crippen molar-refractivity contribution in [3.8, 4) is 0 Å². The maximum Gasteiger partial charge on any atom is 0.172 e. The maximum absolute atomic E-state index is 10.6. The first-order valence-corrected chi connectivity index (χ1v) is 8.80. The number of nitrogens with zero attached hydrogens (tertiary/aromatic N) is 1. The van der Waals surface area contributed by atoms with E-state index in [2.05, 4.69) is 18.7 Å². The minimum absolute atomic E-state index is 0.0657. The number of hydrogen-bond donors (Lipinski definition) is 2. The van der Waals surface area contributed by atoms with Gasteiger partial charge >= 0.3 is 0 Å². The molecule has 0 spiro atoms. The summed E-state index contributed by atoms with van der Waals surface area (Å²) < 4.78 is 5.30. The average molecular weight is 340 g/mol. The molecule has 2 atom stereocenters. The number of aliphatic hydroxyl groups is 2. The van der Waals surface area contributed by atoms with E-state index >= 15 is 0 Å². The number of halogens is 1. The van der Waals surface area contributed by atoms with Gasteiger partial charge in [0.2, 0.25) is 0 Å². The molecule has 3 rings (SSSR count). The first kappa shape index (κ1) is 16.7. The van der Waals surface area contributed by atoms with Gasteiger partial charge in [0.05, 0.1) is 18.2 Å². The van der Waals surface area contributed by atoms with Gasteiger partial charge < -0.3 is 19.8 Å².